The Bertz CT molecular complexity index is 626. The molecule has 0 aromatic carbocycles. The number of carbonyl (C=O) groups is 1. The summed E-state index contributed by atoms with van der Waals surface area (Å²) >= 11 is 0. The molecular formula is C12H13N3O2. The molecule has 17 heavy (non-hydrogen) atoms. The number of nitrogens with zero attached hydrogens (tertiary/aromatic N) is 3. The summed E-state index contributed by atoms with van der Waals surface area (Å²) in [6.45, 7) is 3.96. The minimum Gasteiger partial charge on any atom is -0.478 e. The first kappa shape index (κ1) is 10.3. The fourth-order valence-electron chi connectivity index (χ4n) is 2.21. The van der Waals surface area contributed by atoms with Crippen molar-refractivity contribution in [3.63, 3.8) is 0 Å². The molecule has 0 spiro atoms. The SMILES string of the molecule is Cc1cc2ncc(C(=O)O)c(C3(C)CC3)n2n1. The van der Waals surface area contributed by atoms with Crippen molar-refractivity contribution in [2.45, 2.75) is 32.1 Å². The second-order valence-corrected chi connectivity index (χ2v) is 4.94. The number of aromatic carboxylic acids is 1. The lowest BCUT2D eigenvalue weighted by Crippen LogP contribution is -2.17. The first-order valence-electron chi connectivity index (χ1n) is 5.60. The summed E-state index contributed by atoms with van der Waals surface area (Å²) in [6.07, 6.45) is 3.45. The van der Waals surface area contributed by atoms with Gasteiger partial charge in [0.1, 0.15) is 0 Å². The highest BCUT2D eigenvalue weighted by Gasteiger charge is 2.44. The lowest BCUT2D eigenvalue weighted by atomic mass is 10.0. The number of carboxylic acids is 1. The molecule has 0 amide bonds. The van der Waals surface area contributed by atoms with E-state index in [4.69, 9.17) is 0 Å². The number of aryl methyl sites for hydroxylation is 1. The number of hydrogen-bond acceptors (Lipinski definition) is 3. The van der Waals surface area contributed by atoms with Gasteiger partial charge in [0.25, 0.3) is 0 Å². The van der Waals surface area contributed by atoms with Gasteiger partial charge in [-0.05, 0) is 19.8 Å². The standard InChI is InChI=1S/C12H13N3O2/c1-7-5-9-13-6-8(11(16)17)10(15(9)14-7)12(2)3-4-12/h5-6H,3-4H2,1-2H3,(H,16,17). The van der Waals surface area contributed by atoms with Gasteiger partial charge in [-0.15, -0.1) is 0 Å². The van der Waals surface area contributed by atoms with E-state index in [1.54, 1.807) is 4.52 Å². The number of hydrogen-bond donors (Lipinski definition) is 1. The predicted molar refractivity (Wildman–Crippen MR) is 61.3 cm³/mol. The molecule has 0 saturated heterocycles. The van der Waals surface area contributed by atoms with Crippen molar-refractivity contribution in [2.75, 3.05) is 0 Å². The Kier molecular flexibility index (Phi) is 1.85. The van der Waals surface area contributed by atoms with E-state index in [0.29, 0.717) is 0 Å². The summed E-state index contributed by atoms with van der Waals surface area (Å²) in [5.41, 5.74) is 2.55. The molecule has 5 nitrogen and oxygen atoms in total. The van der Waals surface area contributed by atoms with Crippen molar-refractivity contribution in [1.82, 2.24) is 14.6 Å². The molecule has 0 atom stereocenters. The van der Waals surface area contributed by atoms with Crippen molar-refractivity contribution in [3.05, 3.63) is 29.2 Å². The van der Waals surface area contributed by atoms with Gasteiger partial charge in [0.05, 0.1) is 17.0 Å². The van der Waals surface area contributed by atoms with Crippen LogP contribution in [0.15, 0.2) is 12.3 Å². The van der Waals surface area contributed by atoms with Crippen LogP contribution < -0.4 is 0 Å². The van der Waals surface area contributed by atoms with Gasteiger partial charge >= 0.3 is 5.97 Å². The highest BCUT2D eigenvalue weighted by Crippen LogP contribution is 2.48. The second-order valence-electron chi connectivity index (χ2n) is 4.94. The third-order valence-corrected chi connectivity index (χ3v) is 3.41. The number of fused-ring (bicyclic) bond motifs is 1. The Labute approximate surface area is 98.1 Å². The van der Waals surface area contributed by atoms with Crippen LogP contribution in [0.4, 0.5) is 0 Å². The normalized spacial score (nSPS) is 17.3. The molecule has 88 valence electrons. The lowest BCUT2D eigenvalue weighted by Gasteiger charge is -2.13. The molecule has 0 unspecified atom stereocenters. The average molecular weight is 231 g/mol. The van der Waals surface area contributed by atoms with Gasteiger partial charge in [-0.25, -0.2) is 14.3 Å². The van der Waals surface area contributed by atoms with E-state index in [9.17, 15) is 9.90 Å². The Morgan fingerprint density at radius 2 is 2.24 bits per heavy atom. The van der Waals surface area contributed by atoms with E-state index >= 15 is 0 Å². The van der Waals surface area contributed by atoms with Crippen LogP contribution in [0.25, 0.3) is 5.65 Å². The lowest BCUT2D eigenvalue weighted by molar-refractivity contribution is 0.0693. The van der Waals surface area contributed by atoms with E-state index < -0.39 is 5.97 Å². The highest BCUT2D eigenvalue weighted by atomic mass is 16.4. The summed E-state index contributed by atoms with van der Waals surface area (Å²) in [4.78, 5) is 15.4. The van der Waals surface area contributed by atoms with E-state index in [0.717, 1.165) is 29.9 Å². The second kappa shape index (κ2) is 3.06. The van der Waals surface area contributed by atoms with Crippen LogP contribution in [-0.4, -0.2) is 25.7 Å². The van der Waals surface area contributed by atoms with Crippen LogP contribution in [0.1, 0.15) is 41.5 Å². The van der Waals surface area contributed by atoms with Crippen molar-refractivity contribution >= 4 is 11.6 Å². The van der Waals surface area contributed by atoms with Gasteiger partial charge in [0.15, 0.2) is 5.65 Å². The van der Waals surface area contributed by atoms with E-state index in [-0.39, 0.29) is 11.0 Å². The smallest absolute Gasteiger partial charge is 0.339 e. The van der Waals surface area contributed by atoms with Crippen LogP contribution in [0.2, 0.25) is 0 Å². The maximum atomic E-state index is 11.3. The van der Waals surface area contributed by atoms with Gasteiger partial charge in [-0.1, -0.05) is 6.92 Å². The molecule has 3 rings (SSSR count). The molecule has 2 aromatic rings. The molecule has 1 fully saturated rings. The maximum absolute atomic E-state index is 11.3. The zero-order chi connectivity index (χ0) is 12.2. The summed E-state index contributed by atoms with van der Waals surface area (Å²) in [6, 6.07) is 1.86. The van der Waals surface area contributed by atoms with Gasteiger partial charge in [-0.3, -0.25) is 0 Å². The third-order valence-electron chi connectivity index (χ3n) is 3.41. The Balaban J connectivity index is 2.38. The number of carboxylic acid groups (broad SMARTS) is 1. The maximum Gasteiger partial charge on any atom is 0.339 e. The van der Waals surface area contributed by atoms with Gasteiger partial charge in [-0.2, -0.15) is 5.10 Å². The molecule has 2 aromatic heterocycles. The first-order chi connectivity index (χ1) is 8.01. The molecule has 1 saturated carbocycles. The number of aromatic nitrogens is 3. The summed E-state index contributed by atoms with van der Waals surface area (Å²) in [5.74, 6) is -0.935. The van der Waals surface area contributed by atoms with Crippen molar-refractivity contribution < 1.29 is 9.90 Å². The van der Waals surface area contributed by atoms with Crippen LogP contribution >= 0.6 is 0 Å². The molecule has 1 aliphatic rings. The summed E-state index contributed by atoms with van der Waals surface area (Å²) < 4.78 is 1.69. The van der Waals surface area contributed by atoms with E-state index in [1.807, 2.05) is 13.0 Å². The predicted octanol–water partition coefficient (Wildman–Crippen LogP) is 1.79. The monoisotopic (exact) mass is 231 g/mol. The molecule has 1 aliphatic carbocycles. The zero-order valence-corrected chi connectivity index (χ0v) is 9.77. The van der Waals surface area contributed by atoms with Crippen LogP contribution in [0.5, 0.6) is 0 Å². The van der Waals surface area contributed by atoms with E-state index in [1.165, 1.54) is 6.20 Å². The van der Waals surface area contributed by atoms with Crippen LogP contribution in [0.3, 0.4) is 0 Å². The first-order valence-corrected chi connectivity index (χ1v) is 5.60. The van der Waals surface area contributed by atoms with Gasteiger partial charge in [0, 0.05) is 17.7 Å². The summed E-state index contributed by atoms with van der Waals surface area (Å²) in [5, 5.41) is 13.6. The molecule has 0 aliphatic heterocycles. The van der Waals surface area contributed by atoms with Crippen molar-refractivity contribution in [3.8, 4) is 0 Å². The van der Waals surface area contributed by atoms with Crippen molar-refractivity contribution in [1.29, 1.82) is 0 Å². The topological polar surface area (TPSA) is 67.5 Å². The molecule has 1 N–H and O–H groups in total. The van der Waals surface area contributed by atoms with Gasteiger partial charge < -0.3 is 5.11 Å². The Hall–Kier alpha value is -1.91. The molecule has 2 heterocycles. The fraction of sp³-hybridized carbons (Fsp3) is 0.417. The van der Waals surface area contributed by atoms with E-state index in [2.05, 4.69) is 17.0 Å². The number of rotatable bonds is 2. The zero-order valence-electron chi connectivity index (χ0n) is 9.77. The highest BCUT2D eigenvalue weighted by molar-refractivity contribution is 5.89. The van der Waals surface area contributed by atoms with Crippen LogP contribution in [0, 0.1) is 6.92 Å². The third kappa shape index (κ3) is 1.42. The van der Waals surface area contributed by atoms with Gasteiger partial charge in [0.2, 0.25) is 0 Å². The molecule has 0 radical (unpaired) electrons. The average Bonchev–Trinajstić information content (AvgIpc) is 2.88. The van der Waals surface area contributed by atoms with Crippen LogP contribution in [-0.2, 0) is 5.41 Å². The molecular weight excluding hydrogens is 218 g/mol. The summed E-state index contributed by atoms with van der Waals surface area (Å²) in [7, 11) is 0. The Morgan fingerprint density at radius 1 is 1.53 bits per heavy atom. The molecule has 5 heteroatoms. The quantitative estimate of drug-likeness (QED) is 0.855. The minimum atomic E-state index is -0.935. The van der Waals surface area contributed by atoms with Crippen molar-refractivity contribution in [2.24, 2.45) is 0 Å². The Morgan fingerprint density at radius 3 is 2.82 bits per heavy atom. The molecule has 0 bridgehead atoms. The largest absolute Gasteiger partial charge is 0.478 e. The fourth-order valence-corrected chi connectivity index (χ4v) is 2.21. The minimum absolute atomic E-state index is 0.0621.